The van der Waals surface area contributed by atoms with E-state index >= 15 is 0 Å². The van der Waals surface area contributed by atoms with Crippen LogP contribution in [0.3, 0.4) is 0 Å². The molecule has 1 amide bonds. The Morgan fingerprint density at radius 3 is 2.72 bits per heavy atom. The third kappa shape index (κ3) is 4.05. The second-order valence-corrected chi connectivity index (χ2v) is 4.09. The predicted octanol–water partition coefficient (Wildman–Crippen LogP) is 1.84. The highest BCUT2D eigenvalue weighted by atomic mass is 16.2. The number of carbonyl (C=O) groups is 2. The first-order valence-corrected chi connectivity index (χ1v) is 5.81. The third-order valence-electron chi connectivity index (χ3n) is 2.62. The maximum absolute atomic E-state index is 11.8. The fraction of sp³-hybridized carbons (Fsp3) is 0.286. The number of carbonyl (C=O) groups excluding carboxylic acids is 2. The molecule has 3 N–H and O–H groups in total. The summed E-state index contributed by atoms with van der Waals surface area (Å²) in [6.07, 6.45) is 1.96. The van der Waals surface area contributed by atoms with Crippen molar-refractivity contribution in [3.05, 3.63) is 42.0 Å². The Kier molecular flexibility index (Phi) is 5.11. The van der Waals surface area contributed by atoms with Crippen molar-refractivity contribution >= 4 is 17.4 Å². The van der Waals surface area contributed by atoms with Crippen LogP contribution in [-0.4, -0.2) is 18.2 Å². The van der Waals surface area contributed by atoms with Crippen LogP contribution >= 0.6 is 0 Å². The van der Waals surface area contributed by atoms with Crippen molar-refractivity contribution < 1.29 is 9.59 Å². The third-order valence-corrected chi connectivity index (χ3v) is 2.62. The summed E-state index contributed by atoms with van der Waals surface area (Å²) in [7, 11) is 0. The average molecular weight is 246 g/mol. The Hall–Kier alpha value is -2.10. The van der Waals surface area contributed by atoms with Gasteiger partial charge in [-0.05, 0) is 18.6 Å². The van der Waals surface area contributed by atoms with E-state index in [9.17, 15) is 9.59 Å². The molecule has 0 aromatic heterocycles. The Bertz CT molecular complexity index is 467. The lowest BCUT2D eigenvalue weighted by Crippen LogP contribution is -2.23. The molecule has 1 rings (SSSR count). The normalized spacial score (nSPS) is 9.83. The molecule has 0 aliphatic carbocycles. The molecule has 0 atom stereocenters. The number of nitrogens with one attached hydrogen (secondary N) is 1. The highest BCUT2D eigenvalue weighted by molar-refractivity contribution is 5.98. The van der Waals surface area contributed by atoms with Gasteiger partial charge in [-0.2, -0.15) is 0 Å². The van der Waals surface area contributed by atoms with Crippen LogP contribution in [0.1, 0.15) is 28.8 Å². The number of aryl methyl sites for hydroxylation is 1. The van der Waals surface area contributed by atoms with Gasteiger partial charge in [0, 0.05) is 30.6 Å². The van der Waals surface area contributed by atoms with Gasteiger partial charge in [0.05, 0.1) is 0 Å². The molecule has 1 aromatic rings. The van der Waals surface area contributed by atoms with Gasteiger partial charge < -0.3 is 11.1 Å². The molecular formula is C14H18N2O2. The summed E-state index contributed by atoms with van der Waals surface area (Å²) in [4.78, 5) is 23.2. The van der Waals surface area contributed by atoms with E-state index in [2.05, 4.69) is 11.9 Å². The first-order chi connectivity index (χ1) is 8.54. The second-order valence-electron chi connectivity index (χ2n) is 4.09. The Morgan fingerprint density at radius 1 is 1.39 bits per heavy atom. The van der Waals surface area contributed by atoms with E-state index in [1.807, 2.05) is 6.92 Å². The molecule has 0 fully saturated rings. The van der Waals surface area contributed by atoms with Crippen molar-refractivity contribution in [2.75, 3.05) is 12.3 Å². The Morgan fingerprint density at radius 2 is 2.11 bits per heavy atom. The fourth-order valence-corrected chi connectivity index (χ4v) is 1.46. The molecule has 0 unspecified atom stereocenters. The quantitative estimate of drug-likeness (QED) is 0.457. The van der Waals surface area contributed by atoms with Gasteiger partial charge in [0.25, 0.3) is 0 Å². The van der Waals surface area contributed by atoms with Crippen molar-refractivity contribution in [1.29, 1.82) is 0 Å². The zero-order chi connectivity index (χ0) is 13.5. The molecule has 0 bridgehead atoms. The molecule has 4 nitrogen and oxygen atoms in total. The van der Waals surface area contributed by atoms with Crippen LogP contribution in [0.4, 0.5) is 5.69 Å². The maximum Gasteiger partial charge on any atom is 0.220 e. The summed E-state index contributed by atoms with van der Waals surface area (Å²) in [6, 6.07) is 5.19. The predicted molar refractivity (Wildman–Crippen MR) is 72.4 cm³/mol. The van der Waals surface area contributed by atoms with Crippen LogP contribution in [0.2, 0.25) is 0 Å². The number of hydrogen-bond donors (Lipinski definition) is 2. The van der Waals surface area contributed by atoms with Crippen LogP contribution in [0.25, 0.3) is 0 Å². The molecule has 0 aliphatic rings. The summed E-state index contributed by atoms with van der Waals surface area (Å²) in [5, 5.41) is 2.63. The summed E-state index contributed by atoms with van der Waals surface area (Å²) in [5.74, 6) is -0.223. The molecule has 96 valence electrons. The molecule has 1 aromatic carbocycles. The minimum atomic E-state index is -0.150. The summed E-state index contributed by atoms with van der Waals surface area (Å²) >= 11 is 0. The van der Waals surface area contributed by atoms with Crippen molar-refractivity contribution in [2.24, 2.45) is 0 Å². The van der Waals surface area contributed by atoms with Gasteiger partial charge in [-0.3, -0.25) is 9.59 Å². The number of amides is 1. The van der Waals surface area contributed by atoms with Gasteiger partial charge in [-0.15, -0.1) is 6.58 Å². The first-order valence-electron chi connectivity index (χ1n) is 5.81. The topological polar surface area (TPSA) is 72.2 Å². The highest BCUT2D eigenvalue weighted by Crippen LogP contribution is 2.14. The van der Waals surface area contributed by atoms with Gasteiger partial charge in [0.1, 0.15) is 0 Å². The van der Waals surface area contributed by atoms with Crippen molar-refractivity contribution in [3.8, 4) is 0 Å². The van der Waals surface area contributed by atoms with Crippen LogP contribution in [-0.2, 0) is 4.79 Å². The minimum absolute atomic E-state index is 0.0737. The number of benzene rings is 1. The van der Waals surface area contributed by atoms with E-state index < -0.39 is 0 Å². The van der Waals surface area contributed by atoms with Crippen LogP contribution in [0.15, 0.2) is 30.9 Å². The SMILES string of the molecule is C=CCNC(=O)CCC(=O)c1ccc(C)c(N)c1. The number of Topliss-reactive ketones (excluding diaryl/α,β-unsaturated/α-hetero) is 1. The van der Waals surface area contributed by atoms with Crippen molar-refractivity contribution in [2.45, 2.75) is 19.8 Å². The molecule has 0 aliphatic heterocycles. The average Bonchev–Trinajstić information content (AvgIpc) is 2.36. The van der Waals surface area contributed by atoms with E-state index in [1.165, 1.54) is 0 Å². The lowest BCUT2D eigenvalue weighted by atomic mass is 10.0. The monoisotopic (exact) mass is 246 g/mol. The zero-order valence-electron chi connectivity index (χ0n) is 10.5. The van der Waals surface area contributed by atoms with E-state index in [1.54, 1.807) is 24.3 Å². The largest absolute Gasteiger partial charge is 0.398 e. The first kappa shape index (κ1) is 14.0. The van der Waals surface area contributed by atoms with Crippen molar-refractivity contribution in [3.63, 3.8) is 0 Å². The molecule has 0 spiro atoms. The van der Waals surface area contributed by atoms with Gasteiger partial charge in [-0.25, -0.2) is 0 Å². The van der Waals surface area contributed by atoms with Crippen LogP contribution in [0, 0.1) is 6.92 Å². The van der Waals surface area contributed by atoms with Gasteiger partial charge in [-0.1, -0.05) is 18.2 Å². The van der Waals surface area contributed by atoms with E-state index in [0.29, 0.717) is 17.8 Å². The van der Waals surface area contributed by atoms with E-state index in [4.69, 9.17) is 5.73 Å². The molecular weight excluding hydrogens is 228 g/mol. The van der Waals surface area contributed by atoms with Crippen LogP contribution < -0.4 is 11.1 Å². The summed E-state index contributed by atoms with van der Waals surface area (Å²) in [5.41, 5.74) is 7.82. The van der Waals surface area contributed by atoms with E-state index in [0.717, 1.165) is 5.56 Å². The number of ketones is 1. The molecule has 18 heavy (non-hydrogen) atoms. The standard InChI is InChI=1S/C14H18N2O2/c1-3-8-16-14(18)7-6-13(17)11-5-4-10(2)12(15)9-11/h3-5,9H,1,6-8,15H2,2H3,(H,16,18). The van der Waals surface area contributed by atoms with Gasteiger partial charge in [0.2, 0.25) is 5.91 Å². The number of nitrogens with two attached hydrogens (primary N) is 1. The smallest absolute Gasteiger partial charge is 0.220 e. The van der Waals surface area contributed by atoms with E-state index in [-0.39, 0.29) is 24.5 Å². The second kappa shape index (κ2) is 6.59. The highest BCUT2D eigenvalue weighted by Gasteiger charge is 2.09. The Balaban J connectivity index is 2.52. The number of rotatable bonds is 6. The lowest BCUT2D eigenvalue weighted by molar-refractivity contribution is -0.120. The molecule has 0 heterocycles. The lowest BCUT2D eigenvalue weighted by Gasteiger charge is -2.05. The summed E-state index contributed by atoms with van der Waals surface area (Å²) < 4.78 is 0. The Labute approximate surface area is 107 Å². The number of anilines is 1. The van der Waals surface area contributed by atoms with Gasteiger partial charge in [0.15, 0.2) is 5.78 Å². The zero-order valence-corrected chi connectivity index (χ0v) is 10.5. The fourth-order valence-electron chi connectivity index (χ4n) is 1.46. The minimum Gasteiger partial charge on any atom is -0.398 e. The molecule has 0 saturated heterocycles. The number of nitrogen functional groups attached to an aromatic ring is 1. The molecule has 4 heteroatoms. The molecule has 0 radical (unpaired) electrons. The van der Waals surface area contributed by atoms with Crippen molar-refractivity contribution in [1.82, 2.24) is 5.32 Å². The maximum atomic E-state index is 11.8. The number of hydrogen-bond acceptors (Lipinski definition) is 3. The molecule has 0 saturated carbocycles. The van der Waals surface area contributed by atoms with Crippen LogP contribution in [0.5, 0.6) is 0 Å². The summed E-state index contributed by atoms with van der Waals surface area (Å²) in [6.45, 7) is 5.80. The van der Waals surface area contributed by atoms with Gasteiger partial charge >= 0.3 is 0 Å².